The van der Waals surface area contributed by atoms with Gasteiger partial charge in [-0.25, -0.2) is 22.0 Å². The predicted molar refractivity (Wildman–Crippen MR) is 133 cm³/mol. The number of rotatable bonds is 6. The van der Waals surface area contributed by atoms with Gasteiger partial charge in [0.15, 0.2) is 0 Å². The number of phenolic OH excluding ortho intramolecular Hbond substituents is 1. The van der Waals surface area contributed by atoms with Crippen molar-refractivity contribution in [1.29, 1.82) is 0 Å². The van der Waals surface area contributed by atoms with Crippen molar-refractivity contribution in [2.75, 3.05) is 64.3 Å². The summed E-state index contributed by atoms with van der Waals surface area (Å²) in [5.41, 5.74) is 1.98. The van der Waals surface area contributed by atoms with Gasteiger partial charge in [0.2, 0.25) is 6.93 Å². The van der Waals surface area contributed by atoms with Gasteiger partial charge in [-0.1, -0.05) is 6.07 Å². The van der Waals surface area contributed by atoms with Crippen molar-refractivity contribution in [3.05, 3.63) is 58.7 Å². The summed E-state index contributed by atoms with van der Waals surface area (Å²) >= 11 is 0. The topological polar surface area (TPSA) is 67.2 Å². The molecule has 0 bridgehead atoms. The maximum Gasteiger partial charge on any atom is 0.317 e. The fourth-order valence-electron chi connectivity index (χ4n) is 6.13. The van der Waals surface area contributed by atoms with E-state index in [1.165, 1.54) is 18.2 Å². The average Bonchev–Trinajstić information content (AvgIpc) is 2.84. The van der Waals surface area contributed by atoms with Crippen LogP contribution in [0.3, 0.4) is 0 Å². The second kappa shape index (κ2) is 11.9. The molecule has 2 aromatic carbocycles. The Labute approximate surface area is 218 Å². The third kappa shape index (κ3) is 5.88. The van der Waals surface area contributed by atoms with E-state index in [0.717, 1.165) is 31.5 Å². The first-order chi connectivity index (χ1) is 18.2. The number of hydrogen-bond donors (Lipinski definition) is 2. The van der Waals surface area contributed by atoms with Gasteiger partial charge in [-0.3, -0.25) is 14.6 Å². The highest BCUT2D eigenvalue weighted by molar-refractivity contribution is 5.69. The van der Waals surface area contributed by atoms with Crippen molar-refractivity contribution in [2.45, 2.75) is 25.3 Å². The largest absolute Gasteiger partial charge is 0.508 e. The summed E-state index contributed by atoms with van der Waals surface area (Å²) in [6, 6.07) is 6.76. The Morgan fingerprint density at radius 3 is 2.21 bits per heavy atom. The molecule has 2 fully saturated rings. The quantitative estimate of drug-likeness (QED) is 0.527. The Balaban J connectivity index is 0.00000107. The molecule has 38 heavy (non-hydrogen) atoms. The number of carbonyl (C=O) groups is 1. The van der Waals surface area contributed by atoms with Gasteiger partial charge in [0.25, 0.3) is 0 Å². The van der Waals surface area contributed by atoms with E-state index in [9.17, 15) is 23.1 Å². The third-order valence-corrected chi connectivity index (χ3v) is 7.83. The normalized spacial score (nSPS) is 20.9. The molecule has 3 aliphatic rings. The van der Waals surface area contributed by atoms with E-state index >= 15 is 8.78 Å². The van der Waals surface area contributed by atoms with Crippen molar-refractivity contribution in [1.82, 2.24) is 9.80 Å². The second-order valence-electron chi connectivity index (χ2n) is 10.2. The molecule has 3 aliphatic heterocycles. The van der Waals surface area contributed by atoms with Gasteiger partial charge in [0.1, 0.15) is 24.1 Å². The molecule has 11 heteroatoms. The van der Waals surface area contributed by atoms with Crippen LogP contribution in [0.4, 0.5) is 27.6 Å². The first-order valence-corrected chi connectivity index (χ1v) is 12.6. The number of piperidine rings is 1. The molecule has 0 saturated carbocycles. The summed E-state index contributed by atoms with van der Waals surface area (Å²) in [6.45, 7) is 0.984. The van der Waals surface area contributed by atoms with Crippen LogP contribution in [0.25, 0.3) is 0 Å². The third-order valence-electron chi connectivity index (χ3n) is 7.83. The molecule has 3 heterocycles. The van der Waals surface area contributed by atoms with Crippen LogP contribution in [0.5, 0.6) is 5.75 Å². The average molecular weight is 542 g/mol. The fourth-order valence-corrected chi connectivity index (χ4v) is 6.13. The van der Waals surface area contributed by atoms with Gasteiger partial charge in [0.05, 0.1) is 12.6 Å². The Bertz CT molecular complexity index is 1110. The number of phenols is 1. The Morgan fingerprint density at radius 2 is 1.63 bits per heavy atom. The van der Waals surface area contributed by atoms with E-state index in [1.807, 2.05) is 9.80 Å². The summed E-state index contributed by atoms with van der Waals surface area (Å²) in [7, 11) is 0. The lowest BCUT2D eigenvalue weighted by atomic mass is 9.72. The van der Waals surface area contributed by atoms with Crippen LogP contribution in [0.15, 0.2) is 30.3 Å². The maximum atomic E-state index is 15.5. The number of carboxylic acid groups (broad SMARTS) is 1. The second-order valence-corrected chi connectivity index (χ2v) is 10.2. The SMILES string of the molecule is FCF.O=C(O)CN1CC2(CCN(c3cc(F)c(C4c5ccc(O)cc5CCN4CCF)c(F)c3)CC2)C1. The predicted octanol–water partition coefficient (Wildman–Crippen LogP) is 4.46. The molecule has 0 aromatic heterocycles. The number of anilines is 1. The van der Waals surface area contributed by atoms with Gasteiger partial charge in [0, 0.05) is 50.5 Å². The van der Waals surface area contributed by atoms with Gasteiger partial charge in [-0.05, 0) is 60.1 Å². The van der Waals surface area contributed by atoms with E-state index in [1.54, 1.807) is 17.0 Å². The first kappa shape index (κ1) is 28.1. The van der Waals surface area contributed by atoms with Crippen LogP contribution in [0, 0.1) is 17.0 Å². The van der Waals surface area contributed by atoms with Crippen molar-refractivity contribution < 1.29 is 37.0 Å². The standard InChI is InChI=1S/C26H30F3N3O3.CH2F2/c27-6-10-32-7-3-17-11-19(33)1-2-20(17)25(32)24-21(28)12-18(13-22(24)29)31-8-4-26(5-9-31)15-30(16-26)14-23(34)35;2-1-3/h1-2,11-13,25,33H,3-10,14-16H2,(H,34,35);1H2. The molecule has 1 atom stereocenters. The van der Waals surface area contributed by atoms with E-state index in [4.69, 9.17) is 5.11 Å². The Morgan fingerprint density at radius 1 is 1.00 bits per heavy atom. The number of benzene rings is 2. The van der Waals surface area contributed by atoms with Crippen molar-refractivity contribution in [3.8, 4) is 5.75 Å². The number of alkyl halides is 3. The lowest BCUT2D eigenvalue weighted by Crippen LogP contribution is -2.61. The molecule has 2 saturated heterocycles. The van der Waals surface area contributed by atoms with Crippen LogP contribution in [-0.4, -0.2) is 85.4 Å². The molecule has 6 nitrogen and oxygen atoms in total. The molecule has 2 N–H and O–H groups in total. The Hall–Kier alpha value is -2.92. The lowest BCUT2D eigenvalue weighted by Gasteiger charge is -2.54. The number of aromatic hydroxyl groups is 1. The number of likely N-dealkylation sites (tertiary alicyclic amines) is 1. The molecule has 2 aromatic rings. The summed E-state index contributed by atoms with van der Waals surface area (Å²) in [6.07, 6.45) is 2.26. The smallest absolute Gasteiger partial charge is 0.317 e. The number of hydrogen-bond acceptors (Lipinski definition) is 5. The van der Waals surface area contributed by atoms with E-state index in [-0.39, 0.29) is 29.8 Å². The summed E-state index contributed by atoms with van der Waals surface area (Å²) < 4.78 is 63.6. The lowest BCUT2D eigenvalue weighted by molar-refractivity contribution is -0.142. The maximum absolute atomic E-state index is 15.5. The summed E-state index contributed by atoms with van der Waals surface area (Å²) in [4.78, 5) is 16.6. The van der Waals surface area contributed by atoms with Crippen molar-refractivity contribution >= 4 is 11.7 Å². The van der Waals surface area contributed by atoms with E-state index < -0.39 is 37.2 Å². The number of halogens is 5. The highest BCUT2D eigenvalue weighted by atomic mass is 19.3. The molecule has 0 aliphatic carbocycles. The van der Waals surface area contributed by atoms with Gasteiger partial charge in [-0.15, -0.1) is 0 Å². The zero-order valence-electron chi connectivity index (χ0n) is 21.0. The molecular formula is C27H32F5N3O3. The minimum atomic E-state index is -1.75. The minimum Gasteiger partial charge on any atom is -0.508 e. The summed E-state index contributed by atoms with van der Waals surface area (Å²) in [5.74, 6) is -2.05. The molecule has 208 valence electrons. The molecule has 5 rings (SSSR count). The zero-order chi connectivity index (χ0) is 27.4. The monoisotopic (exact) mass is 541 g/mol. The van der Waals surface area contributed by atoms with Crippen LogP contribution >= 0.6 is 0 Å². The van der Waals surface area contributed by atoms with Gasteiger partial charge < -0.3 is 15.1 Å². The number of fused-ring (bicyclic) bond motifs is 1. The van der Waals surface area contributed by atoms with E-state index in [2.05, 4.69) is 0 Å². The molecule has 0 amide bonds. The van der Waals surface area contributed by atoms with Crippen LogP contribution in [0.1, 0.15) is 35.6 Å². The van der Waals surface area contributed by atoms with Crippen molar-refractivity contribution in [2.24, 2.45) is 5.41 Å². The number of carboxylic acids is 1. The zero-order valence-corrected chi connectivity index (χ0v) is 21.0. The highest BCUT2D eigenvalue weighted by Crippen LogP contribution is 2.43. The first-order valence-electron chi connectivity index (χ1n) is 12.6. The Kier molecular flexibility index (Phi) is 8.77. The van der Waals surface area contributed by atoms with Gasteiger partial charge >= 0.3 is 5.97 Å². The molecule has 1 spiro atoms. The molecular weight excluding hydrogens is 509 g/mol. The number of aliphatic carboxylic acids is 1. The van der Waals surface area contributed by atoms with Gasteiger partial charge in [-0.2, -0.15) is 0 Å². The van der Waals surface area contributed by atoms with Crippen LogP contribution < -0.4 is 4.90 Å². The highest BCUT2D eigenvalue weighted by Gasteiger charge is 2.45. The fraction of sp³-hybridized carbons (Fsp3) is 0.519. The van der Waals surface area contributed by atoms with Crippen LogP contribution in [-0.2, 0) is 11.2 Å². The van der Waals surface area contributed by atoms with Crippen LogP contribution in [0.2, 0.25) is 0 Å². The van der Waals surface area contributed by atoms with Crippen molar-refractivity contribution in [3.63, 3.8) is 0 Å². The van der Waals surface area contributed by atoms with E-state index in [0.29, 0.717) is 37.3 Å². The minimum absolute atomic E-state index is 0.0483. The molecule has 1 unspecified atom stereocenters. The molecule has 0 radical (unpaired) electrons. The number of nitrogens with zero attached hydrogens (tertiary/aromatic N) is 3. The summed E-state index contributed by atoms with van der Waals surface area (Å²) in [5, 5.41) is 18.8.